The number of benzene rings is 1. The molecule has 1 aliphatic carbocycles. The maximum absolute atomic E-state index is 16.0. The molecule has 3 aliphatic heterocycles. The van der Waals surface area contributed by atoms with Crippen molar-refractivity contribution in [1.29, 1.82) is 0 Å². The number of likely N-dealkylation sites (tertiary alicyclic amines) is 1. The highest BCUT2D eigenvalue weighted by atomic mass is 32.1. The van der Waals surface area contributed by atoms with E-state index in [0.29, 0.717) is 75.5 Å². The van der Waals surface area contributed by atoms with Gasteiger partial charge in [-0.3, -0.25) is 34.0 Å². The van der Waals surface area contributed by atoms with Gasteiger partial charge in [-0.1, -0.05) is 24.0 Å². The molecule has 5 aromatic rings. The Balaban J connectivity index is 0.768. The lowest BCUT2D eigenvalue weighted by atomic mass is 9.85. The second kappa shape index (κ2) is 18.8. The maximum atomic E-state index is 16.0. The molecular weight excluding hydrogens is 868 g/mol. The predicted octanol–water partition coefficient (Wildman–Crippen LogP) is 4.19. The van der Waals surface area contributed by atoms with Crippen molar-refractivity contribution in [3.8, 4) is 11.8 Å². The zero-order valence-corrected chi connectivity index (χ0v) is 36.6. The number of carbonyl (C=O) groups is 3. The first-order chi connectivity index (χ1) is 31.3. The van der Waals surface area contributed by atoms with Gasteiger partial charge in [0.2, 0.25) is 11.8 Å². The first-order valence-electron chi connectivity index (χ1n) is 21.9. The number of nitrogens with zero attached hydrogens (tertiary/aromatic N) is 9. The van der Waals surface area contributed by atoms with Crippen LogP contribution < -0.4 is 15.5 Å². The fourth-order valence-corrected chi connectivity index (χ4v) is 9.97. The van der Waals surface area contributed by atoms with Crippen molar-refractivity contribution in [1.82, 2.24) is 44.4 Å². The number of rotatable bonds is 11. The molecule has 21 heteroatoms. The van der Waals surface area contributed by atoms with Crippen LogP contribution in [0.25, 0.3) is 16.6 Å². The first kappa shape index (κ1) is 44.7. The zero-order valence-electron chi connectivity index (χ0n) is 35.7. The molecular formula is C44H50F3N11O6S. The number of anilines is 2. The Hall–Kier alpha value is -5.53. The lowest BCUT2D eigenvalue weighted by Crippen LogP contribution is -2.53. The number of halogens is 3. The van der Waals surface area contributed by atoms with Crippen molar-refractivity contribution in [2.45, 2.75) is 80.5 Å². The number of amides is 3. The van der Waals surface area contributed by atoms with Crippen LogP contribution in [0.2, 0.25) is 0 Å². The van der Waals surface area contributed by atoms with Gasteiger partial charge in [-0.2, -0.15) is 15.3 Å². The van der Waals surface area contributed by atoms with Crippen LogP contribution in [0.1, 0.15) is 90.6 Å². The van der Waals surface area contributed by atoms with E-state index >= 15 is 4.39 Å². The molecule has 2 unspecified atom stereocenters. The summed E-state index contributed by atoms with van der Waals surface area (Å²) < 4.78 is 60.8. The number of imide groups is 1. The number of hydrogen-bond acceptors (Lipinski definition) is 13. The van der Waals surface area contributed by atoms with E-state index in [2.05, 4.69) is 60.3 Å². The number of aliphatic hydroxyl groups excluding tert-OH is 1. The summed E-state index contributed by atoms with van der Waals surface area (Å²) in [6.45, 7) is 2.57. The average molecular weight is 918 g/mol. The molecule has 1 aromatic carbocycles. The Bertz CT molecular complexity index is 2650. The lowest BCUT2D eigenvalue weighted by Gasteiger charge is -2.42. The fraction of sp³-hybridized carbons (Fsp3) is 0.523. The van der Waals surface area contributed by atoms with Crippen molar-refractivity contribution < 1.29 is 42.1 Å². The van der Waals surface area contributed by atoms with Crippen LogP contribution in [0, 0.1) is 17.8 Å². The highest BCUT2D eigenvalue weighted by molar-refractivity contribution is 7.81. The highest BCUT2D eigenvalue weighted by Gasteiger charge is 2.43. The van der Waals surface area contributed by atoms with Gasteiger partial charge in [0.05, 0.1) is 59.9 Å². The maximum Gasteiger partial charge on any atom is 0.284 e. The molecule has 65 heavy (non-hydrogen) atoms. The number of ether oxygens (including phenoxy) is 2. The van der Waals surface area contributed by atoms with Crippen LogP contribution in [0.3, 0.4) is 0 Å². The van der Waals surface area contributed by atoms with Crippen molar-refractivity contribution in [2.75, 3.05) is 62.8 Å². The molecule has 3 amide bonds. The van der Waals surface area contributed by atoms with Crippen LogP contribution >= 0.6 is 12.6 Å². The van der Waals surface area contributed by atoms with Crippen LogP contribution in [0.15, 0.2) is 42.9 Å². The molecule has 9 rings (SSSR count). The van der Waals surface area contributed by atoms with E-state index in [1.807, 2.05) is 23.1 Å². The minimum Gasteiger partial charge on any atom is -0.394 e. The van der Waals surface area contributed by atoms with Gasteiger partial charge >= 0.3 is 0 Å². The van der Waals surface area contributed by atoms with Gasteiger partial charge in [0.15, 0.2) is 16.3 Å². The molecule has 4 fully saturated rings. The summed E-state index contributed by atoms with van der Waals surface area (Å²) in [5.74, 6) is 5.14. The normalized spacial score (nSPS) is 25.5. The molecule has 0 spiro atoms. The van der Waals surface area contributed by atoms with E-state index in [0.717, 1.165) is 23.7 Å². The van der Waals surface area contributed by atoms with E-state index in [4.69, 9.17) is 9.47 Å². The van der Waals surface area contributed by atoms with Gasteiger partial charge in [-0.15, -0.1) is 12.6 Å². The molecule has 0 bridgehead atoms. The van der Waals surface area contributed by atoms with Crippen LogP contribution in [0.5, 0.6) is 0 Å². The number of piperidine rings is 2. The second-order valence-corrected chi connectivity index (χ2v) is 18.0. The summed E-state index contributed by atoms with van der Waals surface area (Å²) in [6, 6.07) is 7.16. The zero-order chi connectivity index (χ0) is 45.4. The van der Waals surface area contributed by atoms with Gasteiger partial charge in [0.25, 0.3) is 12.3 Å². The van der Waals surface area contributed by atoms with E-state index in [-0.39, 0.29) is 73.0 Å². The number of alkyl halides is 3. The standard InChI is InChI=1S/C44H50F3N11O6S/c1-54-39-27(4-2-6-30(39)37(52-54)31-11-12-36(60)51-42(31)61)5-3-18-64-34-13-15-55(25-44(34,47)65)21-26-7-9-28(10-8-26)58-23-33(38(53-58)40(45)46)49-43(62)32-20-48-57-16-14-35(50-41(32)57)56-17-19-63-29(22-56)24-59/h2,4,6,14,16,20,23,26,28-29,31,34,40,59,65H,7-13,15,17-19,21-22,24-25H2,1H3,(H,49,62)(H,51,60,61)/t26?,28?,29?,31?,34-,44+/m0/s1. The molecule has 3 saturated heterocycles. The van der Waals surface area contributed by atoms with Gasteiger partial charge < -0.3 is 24.8 Å². The number of aromatic nitrogens is 7. The Kier molecular flexibility index (Phi) is 12.9. The number of aliphatic hydroxyl groups is 1. The number of thiol groups is 1. The highest BCUT2D eigenvalue weighted by Crippen LogP contribution is 2.38. The smallest absolute Gasteiger partial charge is 0.284 e. The molecule has 7 heterocycles. The van der Waals surface area contributed by atoms with Crippen molar-refractivity contribution >= 4 is 58.4 Å². The summed E-state index contributed by atoms with van der Waals surface area (Å²) in [5.41, 5.74) is 1.79. The van der Waals surface area contributed by atoms with Crippen LogP contribution in [0.4, 0.5) is 24.7 Å². The number of nitrogens with one attached hydrogen (secondary N) is 2. The molecule has 17 nitrogen and oxygen atoms in total. The third-order valence-corrected chi connectivity index (χ3v) is 13.3. The molecule has 1 saturated carbocycles. The van der Waals surface area contributed by atoms with E-state index in [9.17, 15) is 28.3 Å². The Labute approximate surface area is 377 Å². The van der Waals surface area contributed by atoms with E-state index in [1.165, 1.54) is 21.6 Å². The summed E-state index contributed by atoms with van der Waals surface area (Å²) in [5, 5.41) is 26.5. The monoisotopic (exact) mass is 917 g/mol. The molecule has 3 N–H and O–H groups in total. The first-order valence-corrected chi connectivity index (χ1v) is 22.3. The van der Waals surface area contributed by atoms with Gasteiger partial charge in [0, 0.05) is 64.0 Å². The lowest BCUT2D eigenvalue weighted by molar-refractivity contribution is -0.134. The van der Waals surface area contributed by atoms with Crippen LogP contribution in [-0.2, 0) is 26.1 Å². The predicted molar refractivity (Wildman–Crippen MR) is 234 cm³/mol. The fourth-order valence-electron chi connectivity index (χ4n) is 9.56. The number of para-hydroxylation sites is 1. The van der Waals surface area contributed by atoms with Crippen molar-refractivity contribution in [3.63, 3.8) is 0 Å². The molecule has 4 aromatic heterocycles. The van der Waals surface area contributed by atoms with E-state index < -0.39 is 35.0 Å². The Morgan fingerprint density at radius 3 is 2.74 bits per heavy atom. The van der Waals surface area contributed by atoms with Gasteiger partial charge in [-0.25, -0.2) is 22.7 Å². The third kappa shape index (κ3) is 9.45. The molecule has 0 radical (unpaired) electrons. The average Bonchev–Trinajstić information content (AvgIpc) is 4.01. The minimum absolute atomic E-state index is 0.0115. The van der Waals surface area contributed by atoms with Crippen molar-refractivity contribution in [3.05, 3.63) is 65.4 Å². The number of carbonyl (C=O) groups excluding carboxylic acids is 3. The number of fused-ring (bicyclic) bond motifs is 2. The SMILES string of the molecule is Cn1nc(C2CCC(=O)NC2=O)c2cccc(C#CCO[C@H]3CCN(CC4CCC(n5cc(NC(=O)c6cnn7ccc(N8CCOC(CO)C8)nc67)c(C(F)F)n5)CC4)C[C@@]3(F)S)c21. The van der Waals surface area contributed by atoms with Gasteiger partial charge in [-0.05, 0) is 56.6 Å². The molecule has 4 atom stereocenters. The quantitative estimate of drug-likeness (QED) is 0.0843. The summed E-state index contributed by atoms with van der Waals surface area (Å²) in [4.78, 5) is 46.5. The van der Waals surface area contributed by atoms with Crippen molar-refractivity contribution in [2.24, 2.45) is 13.0 Å². The summed E-state index contributed by atoms with van der Waals surface area (Å²) in [6.07, 6.45) is 4.37. The Morgan fingerprint density at radius 2 is 1.97 bits per heavy atom. The summed E-state index contributed by atoms with van der Waals surface area (Å²) >= 11 is 4.40. The van der Waals surface area contributed by atoms with E-state index in [1.54, 1.807) is 24.0 Å². The van der Waals surface area contributed by atoms with Crippen LogP contribution in [-0.4, -0.2) is 132 Å². The number of hydrogen-bond donors (Lipinski definition) is 4. The second-order valence-electron chi connectivity index (χ2n) is 17.2. The molecule has 4 aliphatic rings. The molecule has 344 valence electrons. The largest absolute Gasteiger partial charge is 0.394 e. The van der Waals surface area contributed by atoms with Gasteiger partial charge in [0.1, 0.15) is 24.1 Å². The topological polar surface area (TPSA) is 186 Å². The minimum atomic E-state index is -2.93. The third-order valence-electron chi connectivity index (χ3n) is 12.9. The Morgan fingerprint density at radius 1 is 1.14 bits per heavy atom. The summed E-state index contributed by atoms with van der Waals surface area (Å²) in [7, 11) is 1.78. The number of aryl methyl sites for hydroxylation is 1. The number of morpholine rings is 1.